The number of anilines is 2. The standard InChI is InChI=1S/C24H17Cl2FN4O4/c1-35-19-11-4-6-13-12-18(22(32)28-16-9-3-2-8-15(16)27)31(21(13)19)30-24(34)23(33)29-17-10-5-7-14(25)20(17)26/h2-12H,1H3,(H,28,32)(H,29,33)(H,30,34). The van der Waals surface area contributed by atoms with Crippen molar-refractivity contribution >= 4 is 63.2 Å². The molecule has 0 radical (unpaired) electrons. The van der Waals surface area contributed by atoms with E-state index in [9.17, 15) is 18.8 Å². The van der Waals surface area contributed by atoms with E-state index in [4.69, 9.17) is 27.9 Å². The predicted molar refractivity (Wildman–Crippen MR) is 132 cm³/mol. The maximum absolute atomic E-state index is 14.1. The van der Waals surface area contributed by atoms with Crippen LogP contribution in [0.3, 0.4) is 0 Å². The molecular weight excluding hydrogens is 498 g/mol. The Hall–Kier alpha value is -4.08. The van der Waals surface area contributed by atoms with Gasteiger partial charge in [0.2, 0.25) is 0 Å². The normalized spacial score (nSPS) is 10.6. The van der Waals surface area contributed by atoms with Crippen LogP contribution < -0.4 is 20.8 Å². The molecule has 4 rings (SSSR count). The van der Waals surface area contributed by atoms with Crippen molar-refractivity contribution in [3.8, 4) is 5.75 Å². The molecule has 0 aliphatic rings. The fourth-order valence-electron chi connectivity index (χ4n) is 3.36. The molecule has 0 unspecified atom stereocenters. The van der Waals surface area contributed by atoms with Gasteiger partial charge in [0.15, 0.2) is 0 Å². The monoisotopic (exact) mass is 514 g/mol. The molecule has 178 valence electrons. The number of para-hydroxylation sites is 2. The Kier molecular flexibility index (Phi) is 6.90. The molecule has 0 spiro atoms. The maximum atomic E-state index is 14.1. The van der Waals surface area contributed by atoms with Gasteiger partial charge in [0.1, 0.15) is 22.8 Å². The van der Waals surface area contributed by atoms with E-state index in [2.05, 4.69) is 16.1 Å². The molecular formula is C24H17Cl2FN4O4. The van der Waals surface area contributed by atoms with Crippen molar-refractivity contribution in [1.29, 1.82) is 0 Å². The number of methoxy groups -OCH3 is 1. The van der Waals surface area contributed by atoms with Gasteiger partial charge in [0.25, 0.3) is 5.91 Å². The third-order valence-electron chi connectivity index (χ3n) is 4.98. The smallest absolute Gasteiger partial charge is 0.328 e. The zero-order valence-corrected chi connectivity index (χ0v) is 19.6. The number of aromatic nitrogens is 1. The van der Waals surface area contributed by atoms with E-state index >= 15 is 0 Å². The molecule has 11 heteroatoms. The van der Waals surface area contributed by atoms with Crippen LogP contribution in [0.25, 0.3) is 10.9 Å². The average molecular weight is 515 g/mol. The van der Waals surface area contributed by atoms with Gasteiger partial charge in [-0.25, -0.2) is 9.07 Å². The summed E-state index contributed by atoms with van der Waals surface area (Å²) in [7, 11) is 1.42. The van der Waals surface area contributed by atoms with Gasteiger partial charge in [-0.15, -0.1) is 0 Å². The van der Waals surface area contributed by atoms with Crippen molar-refractivity contribution in [2.24, 2.45) is 0 Å². The minimum Gasteiger partial charge on any atom is -0.494 e. The van der Waals surface area contributed by atoms with Crippen LogP contribution in [-0.4, -0.2) is 29.5 Å². The maximum Gasteiger partial charge on any atom is 0.328 e. The Labute approximate surface area is 208 Å². The van der Waals surface area contributed by atoms with E-state index in [0.29, 0.717) is 16.7 Å². The minimum absolute atomic E-state index is 0.0547. The zero-order valence-electron chi connectivity index (χ0n) is 18.1. The topological polar surface area (TPSA) is 101 Å². The predicted octanol–water partition coefficient (Wildman–Crippen LogP) is 5.06. The first kappa shape index (κ1) is 24.1. The molecule has 3 N–H and O–H groups in total. The van der Waals surface area contributed by atoms with Crippen molar-refractivity contribution < 1.29 is 23.5 Å². The molecule has 0 aliphatic heterocycles. The van der Waals surface area contributed by atoms with Gasteiger partial charge < -0.3 is 15.4 Å². The zero-order chi connectivity index (χ0) is 25.1. The van der Waals surface area contributed by atoms with Gasteiger partial charge in [-0.1, -0.05) is 53.5 Å². The van der Waals surface area contributed by atoms with Crippen molar-refractivity contribution in [2.75, 3.05) is 23.2 Å². The quantitative estimate of drug-likeness (QED) is 0.324. The number of hydrogen-bond acceptors (Lipinski definition) is 4. The van der Waals surface area contributed by atoms with Crippen molar-refractivity contribution in [3.63, 3.8) is 0 Å². The van der Waals surface area contributed by atoms with E-state index in [1.165, 1.54) is 43.5 Å². The summed E-state index contributed by atoms with van der Waals surface area (Å²) >= 11 is 12.0. The highest BCUT2D eigenvalue weighted by molar-refractivity contribution is 6.46. The van der Waals surface area contributed by atoms with Crippen molar-refractivity contribution in [3.05, 3.63) is 88.3 Å². The first-order valence-electron chi connectivity index (χ1n) is 10.1. The highest BCUT2D eigenvalue weighted by atomic mass is 35.5. The van der Waals surface area contributed by atoms with Gasteiger partial charge in [-0.2, -0.15) is 0 Å². The first-order chi connectivity index (χ1) is 16.8. The summed E-state index contributed by atoms with van der Waals surface area (Å²) in [5.74, 6) is -3.21. The number of nitrogens with one attached hydrogen (secondary N) is 3. The lowest BCUT2D eigenvalue weighted by atomic mass is 10.2. The lowest BCUT2D eigenvalue weighted by molar-refractivity contribution is -0.133. The molecule has 3 amide bonds. The minimum atomic E-state index is -1.11. The fourth-order valence-corrected chi connectivity index (χ4v) is 3.70. The van der Waals surface area contributed by atoms with Gasteiger partial charge in [-0.3, -0.25) is 19.8 Å². The Morgan fingerprint density at radius 2 is 1.60 bits per heavy atom. The van der Waals surface area contributed by atoms with E-state index in [1.807, 2.05) is 0 Å². The van der Waals surface area contributed by atoms with Gasteiger partial charge in [0, 0.05) is 5.39 Å². The summed E-state index contributed by atoms with van der Waals surface area (Å²) in [6, 6.07) is 16.7. The molecule has 0 saturated carbocycles. The SMILES string of the molecule is COc1cccc2cc(C(=O)Nc3ccccc3F)n(NC(=O)C(=O)Nc3cccc(Cl)c3Cl)c12. The van der Waals surface area contributed by atoms with Gasteiger partial charge in [0.05, 0.1) is 28.5 Å². The van der Waals surface area contributed by atoms with Gasteiger partial charge >= 0.3 is 11.8 Å². The second-order valence-corrected chi connectivity index (χ2v) is 7.98. The van der Waals surface area contributed by atoms with Crippen LogP contribution in [0.2, 0.25) is 10.0 Å². The highest BCUT2D eigenvalue weighted by Gasteiger charge is 2.24. The molecule has 0 fully saturated rings. The summed E-state index contributed by atoms with van der Waals surface area (Å²) in [5.41, 5.74) is 2.72. The molecule has 0 atom stereocenters. The summed E-state index contributed by atoms with van der Waals surface area (Å²) in [5, 5.41) is 5.62. The number of rotatable bonds is 5. The molecule has 1 aromatic heterocycles. The summed E-state index contributed by atoms with van der Waals surface area (Å²) in [4.78, 5) is 38.4. The number of halogens is 3. The van der Waals surface area contributed by atoms with E-state index in [0.717, 1.165) is 4.68 Å². The summed E-state index contributed by atoms with van der Waals surface area (Å²) < 4.78 is 20.6. The van der Waals surface area contributed by atoms with Crippen LogP contribution in [0.1, 0.15) is 10.5 Å². The third kappa shape index (κ3) is 4.91. The second-order valence-electron chi connectivity index (χ2n) is 7.19. The molecule has 0 bridgehead atoms. The Morgan fingerprint density at radius 3 is 2.34 bits per heavy atom. The molecule has 35 heavy (non-hydrogen) atoms. The molecule has 1 heterocycles. The molecule has 3 aromatic carbocycles. The number of nitrogens with zero attached hydrogens (tertiary/aromatic N) is 1. The van der Waals surface area contributed by atoms with Crippen LogP contribution in [0.4, 0.5) is 15.8 Å². The highest BCUT2D eigenvalue weighted by Crippen LogP contribution is 2.30. The van der Waals surface area contributed by atoms with Gasteiger partial charge in [-0.05, 0) is 36.4 Å². The van der Waals surface area contributed by atoms with E-state index in [-0.39, 0.29) is 27.1 Å². The first-order valence-corrected chi connectivity index (χ1v) is 10.9. The number of hydrogen-bond donors (Lipinski definition) is 3. The molecule has 4 aromatic rings. The summed E-state index contributed by atoms with van der Waals surface area (Å²) in [6.45, 7) is 0. The Balaban J connectivity index is 1.69. The molecule has 0 aliphatic carbocycles. The van der Waals surface area contributed by atoms with E-state index in [1.54, 1.807) is 30.3 Å². The fraction of sp³-hybridized carbons (Fsp3) is 0.0417. The van der Waals surface area contributed by atoms with Crippen molar-refractivity contribution in [2.45, 2.75) is 0 Å². The van der Waals surface area contributed by atoms with Crippen LogP contribution >= 0.6 is 23.2 Å². The van der Waals surface area contributed by atoms with Crippen LogP contribution in [-0.2, 0) is 9.59 Å². The van der Waals surface area contributed by atoms with Crippen LogP contribution in [0, 0.1) is 5.82 Å². The van der Waals surface area contributed by atoms with Crippen molar-refractivity contribution in [1.82, 2.24) is 4.68 Å². The largest absolute Gasteiger partial charge is 0.494 e. The molecule has 8 nitrogen and oxygen atoms in total. The average Bonchev–Trinajstić information content (AvgIpc) is 3.22. The Bertz CT molecular complexity index is 1470. The number of carbonyl (C=O) groups excluding carboxylic acids is 3. The lowest BCUT2D eigenvalue weighted by Gasteiger charge is -2.14. The number of fused-ring (bicyclic) bond motifs is 1. The number of benzene rings is 3. The van der Waals surface area contributed by atoms with Crippen LogP contribution in [0.15, 0.2) is 66.7 Å². The Morgan fingerprint density at radius 1 is 0.886 bits per heavy atom. The number of amides is 3. The second kappa shape index (κ2) is 10.0. The van der Waals surface area contributed by atoms with E-state index < -0.39 is 23.5 Å². The lowest BCUT2D eigenvalue weighted by Crippen LogP contribution is -2.36. The third-order valence-corrected chi connectivity index (χ3v) is 5.80. The molecule has 0 saturated heterocycles. The number of carbonyl (C=O) groups is 3. The summed E-state index contributed by atoms with van der Waals surface area (Å²) in [6.07, 6.45) is 0. The number of ether oxygens (including phenoxy) is 1. The van der Waals surface area contributed by atoms with Crippen LogP contribution in [0.5, 0.6) is 5.75 Å².